The van der Waals surface area contributed by atoms with Crippen LogP contribution in [-0.2, 0) is 5.41 Å². The number of nitrogens with zero attached hydrogens (tertiary/aromatic N) is 1. The molecule has 0 amide bonds. The summed E-state index contributed by atoms with van der Waals surface area (Å²) in [6.07, 6.45) is 3.48. The van der Waals surface area contributed by atoms with Crippen molar-refractivity contribution in [1.29, 1.82) is 0 Å². The Morgan fingerprint density at radius 3 is 2.55 bits per heavy atom. The summed E-state index contributed by atoms with van der Waals surface area (Å²) in [5, 5.41) is 0. The van der Waals surface area contributed by atoms with Crippen molar-refractivity contribution in [3.8, 4) is 0 Å². The molecule has 0 spiro atoms. The fourth-order valence-electron chi connectivity index (χ4n) is 3.25. The maximum atomic E-state index is 2.39. The summed E-state index contributed by atoms with van der Waals surface area (Å²) in [6.45, 7) is 8.03. The number of anilines is 1. The van der Waals surface area contributed by atoms with Gasteiger partial charge in [0.1, 0.15) is 0 Å². The van der Waals surface area contributed by atoms with Crippen molar-refractivity contribution in [2.75, 3.05) is 18.5 Å². The Hall–Kier alpha value is -2.02. The van der Waals surface area contributed by atoms with E-state index in [1.807, 2.05) is 0 Å². The number of fused-ring (bicyclic) bond motifs is 1. The summed E-state index contributed by atoms with van der Waals surface area (Å²) in [5.41, 5.74) is 7.01. The third-order valence-electron chi connectivity index (χ3n) is 4.85. The van der Waals surface area contributed by atoms with Gasteiger partial charge in [-0.15, -0.1) is 0 Å². The molecule has 0 saturated heterocycles. The Morgan fingerprint density at radius 2 is 1.82 bits per heavy atom. The van der Waals surface area contributed by atoms with Crippen molar-refractivity contribution in [1.82, 2.24) is 0 Å². The Kier molecular flexibility index (Phi) is 3.82. The second kappa shape index (κ2) is 5.64. The largest absolute Gasteiger partial charge is 0.374 e. The maximum absolute atomic E-state index is 2.39. The summed E-state index contributed by atoms with van der Waals surface area (Å²) in [6, 6.07) is 17.5. The van der Waals surface area contributed by atoms with Gasteiger partial charge in [-0.3, -0.25) is 0 Å². The quantitative estimate of drug-likeness (QED) is 0.673. The minimum atomic E-state index is 0.275. The predicted octanol–water partition coefficient (Wildman–Crippen LogP) is 5.36. The molecular weight excluding hydrogens is 266 g/mol. The van der Waals surface area contributed by atoms with Crippen LogP contribution < -0.4 is 4.90 Å². The number of hydrogen-bond acceptors (Lipinski definition) is 1. The zero-order valence-electron chi connectivity index (χ0n) is 14.1. The van der Waals surface area contributed by atoms with Crippen LogP contribution >= 0.6 is 0 Å². The Labute approximate surface area is 134 Å². The van der Waals surface area contributed by atoms with Crippen molar-refractivity contribution >= 4 is 17.3 Å². The summed E-state index contributed by atoms with van der Waals surface area (Å²) < 4.78 is 0. The molecule has 1 heteroatoms. The lowest BCUT2D eigenvalue weighted by molar-refractivity contribution is 0.462. The van der Waals surface area contributed by atoms with E-state index in [4.69, 9.17) is 0 Å². The van der Waals surface area contributed by atoms with E-state index in [2.05, 4.69) is 87.3 Å². The molecule has 0 radical (unpaired) electrons. The molecule has 1 aliphatic heterocycles. The Morgan fingerprint density at radius 1 is 1.09 bits per heavy atom. The topological polar surface area (TPSA) is 3.24 Å². The van der Waals surface area contributed by atoms with Crippen molar-refractivity contribution < 1.29 is 0 Å². The lowest BCUT2D eigenvalue weighted by Crippen LogP contribution is -2.34. The highest BCUT2D eigenvalue weighted by Gasteiger charge is 2.29. The molecule has 3 rings (SSSR count). The minimum absolute atomic E-state index is 0.275. The van der Waals surface area contributed by atoms with Crippen LogP contribution in [0.4, 0.5) is 5.69 Å². The smallest absolute Gasteiger partial charge is 0.0407 e. The first-order valence-corrected chi connectivity index (χ1v) is 8.07. The molecule has 0 N–H and O–H groups in total. The van der Waals surface area contributed by atoms with Crippen LogP contribution in [0.1, 0.15) is 43.9 Å². The molecule has 0 atom stereocenters. The lowest BCUT2D eigenvalue weighted by Gasteiger charge is -2.38. The van der Waals surface area contributed by atoms with Crippen LogP contribution in [0.5, 0.6) is 0 Å². The van der Waals surface area contributed by atoms with Gasteiger partial charge in [0.2, 0.25) is 0 Å². The van der Waals surface area contributed by atoms with E-state index in [1.165, 1.54) is 34.4 Å². The molecule has 1 nitrogen and oxygen atoms in total. The first kappa shape index (κ1) is 14.9. The van der Waals surface area contributed by atoms with Crippen LogP contribution in [0.3, 0.4) is 0 Å². The molecular formula is C21H25N. The normalized spacial score (nSPS) is 17.3. The standard InChI is InChI=1S/C21H25N/c1-16(14-17-8-6-5-7-9-17)18-10-11-19-20(15-18)22(4)13-12-21(19,2)3/h5-11,14-15H,12-13H2,1-4H3. The van der Waals surface area contributed by atoms with Gasteiger partial charge in [-0.2, -0.15) is 0 Å². The van der Waals surface area contributed by atoms with Crippen LogP contribution in [-0.4, -0.2) is 13.6 Å². The van der Waals surface area contributed by atoms with Crippen LogP contribution in [0.15, 0.2) is 48.5 Å². The molecule has 0 aliphatic carbocycles. The van der Waals surface area contributed by atoms with Gasteiger partial charge in [0, 0.05) is 19.3 Å². The van der Waals surface area contributed by atoms with E-state index >= 15 is 0 Å². The number of hydrogen-bond donors (Lipinski definition) is 0. The summed E-state index contributed by atoms with van der Waals surface area (Å²) in [5.74, 6) is 0. The van der Waals surface area contributed by atoms with Gasteiger partial charge in [0.15, 0.2) is 0 Å². The monoisotopic (exact) mass is 291 g/mol. The van der Waals surface area contributed by atoms with Gasteiger partial charge in [0.25, 0.3) is 0 Å². The lowest BCUT2D eigenvalue weighted by atomic mass is 9.77. The van der Waals surface area contributed by atoms with Gasteiger partial charge >= 0.3 is 0 Å². The molecule has 0 saturated carbocycles. The summed E-state index contributed by atoms with van der Waals surface area (Å²) >= 11 is 0. The molecule has 114 valence electrons. The third kappa shape index (κ3) is 2.81. The van der Waals surface area contributed by atoms with Gasteiger partial charge in [-0.05, 0) is 47.1 Å². The van der Waals surface area contributed by atoms with Crippen LogP contribution in [0.25, 0.3) is 11.6 Å². The van der Waals surface area contributed by atoms with E-state index in [9.17, 15) is 0 Å². The fraction of sp³-hybridized carbons (Fsp3) is 0.333. The van der Waals surface area contributed by atoms with E-state index in [1.54, 1.807) is 0 Å². The number of allylic oxidation sites excluding steroid dienone is 1. The molecule has 1 heterocycles. The van der Waals surface area contributed by atoms with Crippen LogP contribution in [0, 0.1) is 0 Å². The van der Waals surface area contributed by atoms with E-state index < -0.39 is 0 Å². The van der Waals surface area contributed by atoms with E-state index in [0.717, 1.165) is 6.54 Å². The van der Waals surface area contributed by atoms with Crippen LogP contribution in [0.2, 0.25) is 0 Å². The predicted molar refractivity (Wildman–Crippen MR) is 97.3 cm³/mol. The first-order chi connectivity index (χ1) is 10.5. The second-order valence-electron chi connectivity index (χ2n) is 7.03. The van der Waals surface area contributed by atoms with Crippen molar-refractivity contribution in [3.05, 3.63) is 65.2 Å². The van der Waals surface area contributed by atoms with Gasteiger partial charge in [0.05, 0.1) is 0 Å². The zero-order valence-corrected chi connectivity index (χ0v) is 14.1. The van der Waals surface area contributed by atoms with Gasteiger partial charge in [-0.1, -0.05) is 62.4 Å². The van der Waals surface area contributed by atoms with Crippen molar-refractivity contribution in [3.63, 3.8) is 0 Å². The highest BCUT2D eigenvalue weighted by molar-refractivity contribution is 5.82. The molecule has 22 heavy (non-hydrogen) atoms. The highest BCUT2D eigenvalue weighted by Crippen LogP contribution is 2.40. The summed E-state index contributed by atoms with van der Waals surface area (Å²) in [4.78, 5) is 2.39. The highest BCUT2D eigenvalue weighted by atomic mass is 15.1. The van der Waals surface area contributed by atoms with E-state index in [0.29, 0.717) is 0 Å². The summed E-state index contributed by atoms with van der Waals surface area (Å²) in [7, 11) is 2.20. The molecule has 0 fully saturated rings. The molecule has 2 aromatic carbocycles. The fourth-order valence-corrected chi connectivity index (χ4v) is 3.25. The maximum Gasteiger partial charge on any atom is 0.0407 e. The zero-order chi connectivity index (χ0) is 15.7. The molecule has 0 bridgehead atoms. The second-order valence-corrected chi connectivity index (χ2v) is 7.03. The average molecular weight is 291 g/mol. The minimum Gasteiger partial charge on any atom is -0.374 e. The molecule has 2 aromatic rings. The number of rotatable bonds is 2. The van der Waals surface area contributed by atoms with Gasteiger partial charge < -0.3 is 4.90 Å². The third-order valence-corrected chi connectivity index (χ3v) is 4.85. The molecule has 1 aliphatic rings. The van der Waals surface area contributed by atoms with Crippen molar-refractivity contribution in [2.45, 2.75) is 32.6 Å². The molecule has 0 aromatic heterocycles. The van der Waals surface area contributed by atoms with Gasteiger partial charge in [-0.25, -0.2) is 0 Å². The molecule has 0 unspecified atom stereocenters. The SMILES string of the molecule is CC(=Cc1ccccc1)c1ccc2c(c1)N(C)CCC2(C)C. The van der Waals surface area contributed by atoms with E-state index in [-0.39, 0.29) is 5.41 Å². The number of benzene rings is 2. The average Bonchev–Trinajstić information content (AvgIpc) is 2.52. The Balaban J connectivity index is 2.00. The first-order valence-electron chi connectivity index (χ1n) is 8.07. The Bertz CT molecular complexity index is 695. The van der Waals surface area contributed by atoms with Crippen molar-refractivity contribution in [2.24, 2.45) is 0 Å².